The van der Waals surface area contributed by atoms with E-state index in [9.17, 15) is 0 Å². The fraction of sp³-hybridized carbons (Fsp3) is 0.373. The van der Waals surface area contributed by atoms with Gasteiger partial charge >= 0.3 is 0 Å². The molecule has 4 heterocycles. The molecule has 1 fully saturated rings. The second-order valence-electron chi connectivity index (χ2n) is 29.5. The fourth-order valence-corrected chi connectivity index (χ4v) is 15.2. The molecular formula is C75H83BN4. The predicted molar refractivity (Wildman–Crippen MR) is 343 cm³/mol. The van der Waals surface area contributed by atoms with Crippen molar-refractivity contribution in [2.24, 2.45) is 0 Å². The smallest absolute Gasteiger partial charge is 0.252 e. The predicted octanol–water partition coefficient (Wildman–Crippen LogP) is 18.5. The summed E-state index contributed by atoms with van der Waals surface area (Å²) >= 11 is 0. The van der Waals surface area contributed by atoms with Gasteiger partial charge in [-0.05, 0) is 205 Å². The van der Waals surface area contributed by atoms with E-state index < -0.39 is 0 Å². The Hall–Kier alpha value is -6.85. The van der Waals surface area contributed by atoms with Crippen molar-refractivity contribution < 1.29 is 0 Å². The highest BCUT2D eigenvalue weighted by Crippen LogP contribution is 2.62. The first kappa shape index (κ1) is 52.5. The minimum Gasteiger partial charge on any atom is -0.334 e. The van der Waals surface area contributed by atoms with E-state index in [-0.39, 0.29) is 44.7 Å². The van der Waals surface area contributed by atoms with Gasteiger partial charge in [0, 0.05) is 63.2 Å². The largest absolute Gasteiger partial charge is 0.334 e. The van der Waals surface area contributed by atoms with Crippen LogP contribution in [0, 0.1) is 0 Å². The summed E-state index contributed by atoms with van der Waals surface area (Å²) in [5.74, 6) is 0. The maximum atomic E-state index is 4.39. The summed E-state index contributed by atoms with van der Waals surface area (Å²) in [5, 5.41) is 0. The highest BCUT2D eigenvalue weighted by atomic mass is 15.3. The number of nitrogens with zero attached hydrogens (tertiary/aromatic N) is 4. The van der Waals surface area contributed by atoms with E-state index in [0.717, 1.165) is 25.7 Å². The lowest BCUT2D eigenvalue weighted by Gasteiger charge is -2.51. The molecule has 0 bridgehead atoms. The van der Waals surface area contributed by atoms with Crippen LogP contribution in [0.5, 0.6) is 0 Å². The van der Waals surface area contributed by atoms with Crippen LogP contribution in [-0.2, 0) is 32.5 Å². The summed E-state index contributed by atoms with van der Waals surface area (Å²) in [6.07, 6.45) is 10.9. The number of fused-ring (bicyclic) bond motifs is 8. The first-order valence-electron chi connectivity index (χ1n) is 30.1. The number of hydrogen-bond donors (Lipinski definition) is 0. The van der Waals surface area contributed by atoms with Gasteiger partial charge in [-0.1, -0.05) is 177 Å². The molecule has 2 atom stereocenters. The van der Waals surface area contributed by atoms with Crippen LogP contribution in [0.1, 0.15) is 176 Å². The minimum atomic E-state index is -0.161. The van der Waals surface area contributed by atoms with Gasteiger partial charge < -0.3 is 14.7 Å². The quantitative estimate of drug-likeness (QED) is 0.160. The summed E-state index contributed by atoms with van der Waals surface area (Å²) in [7, 11) is 0. The summed E-state index contributed by atoms with van der Waals surface area (Å²) in [5.41, 5.74) is 27.3. The molecule has 1 saturated carbocycles. The number of aromatic nitrogens is 1. The second-order valence-corrected chi connectivity index (χ2v) is 29.5. The zero-order valence-corrected chi connectivity index (χ0v) is 50.6. The van der Waals surface area contributed by atoms with Crippen molar-refractivity contribution in [3.63, 3.8) is 0 Å². The average molecular weight is 1050 g/mol. The van der Waals surface area contributed by atoms with E-state index in [1.807, 2.05) is 12.4 Å². The maximum absolute atomic E-state index is 4.39. The zero-order valence-electron chi connectivity index (χ0n) is 50.6. The van der Waals surface area contributed by atoms with Crippen molar-refractivity contribution in [1.82, 2.24) is 4.98 Å². The van der Waals surface area contributed by atoms with Gasteiger partial charge in [0.15, 0.2) is 0 Å². The number of benzene rings is 7. The molecule has 4 nitrogen and oxygen atoms in total. The highest BCUT2D eigenvalue weighted by molar-refractivity contribution is 7.00. The lowest BCUT2D eigenvalue weighted by molar-refractivity contribution is 0.195. The van der Waals surface area contributed by atoms with Crippen LogP contribution in [-0.4, -0.2) is 17.2 Å². The first-order valence-corrected chi connectivity index (χ1v) is 30.1. The van der Waals surface area contributed by atoms with Gasteiger partial charge in [-0.3, -0.25) is 4.98 Å². The molecular weight excluding hydrogens is 968 g/mol. The lowest BCUT2D eigenvalue weighted by atomic mass is 9.33. The van der Waals surface area contributed by atoms with Crippen LogP contribution in [0.25, 0.3) is 22.3 Å². The van der Waals surface area contributed by atoms with E-state index in [4.69, 9.17) is 0 Å². The summed E-state index contributed by atoms with van der Waals surface area (Å²) in [6.45, 7) is 36.3. The topological polar surface area (TPSA) is 22.6 Å². The molecule has 2 unspecified atom stereocenters. The fourth-order valence-electron chi connectivity index (χ4n) is 15.2. The number of pyridine rings is 1. The van der Waals surface area contributed by atoms with Gasteiger partial charge in [0.05, 0.1) is 11.2 Å². The molecule has 0 N–H and O–H groups in total. The van der Waals surface area contributed by atoms with Gasteiger partial charge in [0.2, 0.25) is 0 Å². The molecule has 1 aromatic heterocycles. The summed E-state index contributed by atoms with van der Waals surface area (Å²) in [6, 6.07) is 58.0. The van der Waals surface area contributed by atoms with Crippen LogP contribution in [0.3, 0.4) is 0 Å². The van der Waals surface area contributed by atoms with Crippen LogP contribution in [0.2, 0.25) is 0 Å². The zero-order chi connectivity index (χ0) is 56.3. The van der Waals surface area contributed by atoms with Gasteiger partial charge in [-0.2, -0.15) is 0 Å². The third-order valence-electron chi connectivity index (χ3n) is 20.4. The summed E-state index contributed by atoms with van der Waals surface area (Å²) in [4.78, 5) is 12.6. The lowest BCUT2D eigenvalue weighted by Crippen LogP contribution is -2.62. The van der Waals surface area contributed by atoms with E-state index in [2.05, 4.69) is 269 Å². The molecule has 406 valence electrons. The van der Waals surface area contributed by atoms with E-state index >= 15 is 0 Å². The summed E-state index contributed by atoms with van der Waals surface area (Å²) < 4.78 is 0. The molecule has 13 rings (SSSR count). The molecule has 5 aliphatic rings. The Bertz CT molecular complexity index is 3770. The van der Waals surface area contributed by atoms with Crippen molar-refractivity contribution >= 4 is 68.6 Å². The molecule has 0 radical (unpaired) electrons. The third-order valence-corrected chi connectivity index (χ3v) is 20.4. The Balaban J connectivity index is 1.13. The molecule has 7 aromatic carbocycles. The Labute approximate surface area is 479 Å². The molecule has 3 aliphatic heterocycles. The maximum Gasteiger partial charge on any atom is 0.252 e. The SMILES string of the molecule is CC(C)(C)c1ccc(N2c3cc(N4c5ccc(-c6ccncc6)cc5C5(C)CCCCC45C)ccc3B3c4cc5c(cc4N(c4ccc(C(C)(C)C)cc4-c4ccccc4)c4cc(C(C)(C)C)cc2c43)C(C)(C)CCC5(C)C)cc1. The standard InChI is InChI=1S/C75H83BN4/c1-69(2,3)51-24-27-54(28-25-51)78-64-45-55(80-63-31-23-50(48-33-39-77-40-34-48)41-59(63)74(14)35-19-20-36-75(74,80)15)29-30-60(64)76-61-46-57-58(73(12,13)38-37-72(57,10)11)47-65(61)79(67-44-53(71(7,8)9)43-66(78)68(67)76)62-32-26-52(70(4,5)6)42-56(62)49-21-17-16-18-22-49/h16-18,21-34,39-47H,19-20,35-38H2,1-15H3. The third kappa shape index (κ3) is 8.01. The van der Waals surface area contributed by atoms with Gasteiger partial charge in [0.1, 0.15) is 0 Å². The molecule has 8 aromatic rings. The van der Waals surface area contributed by atoms with Crippen LogP contribution in [0.15, 0.2) is 158 Å². The number of rotatable bonds is 5. The monoisotopic (exact) mass is 1050 g/mol. The van der Waals surface area contributed by atoms with Crippen molar-refractivity contribution in [2.45, 2.75) is 180 Å². The van der Waals surface area contributed by atoms with Crippen LogP contribution in [0.4, 0.5) is 45.5 Å². The Morgan fingerprint density at radius 1 is 0.412 bits per heavy atom. The molecule has 80 heavy (non-hydrogen) atoms. The first-order chi connectivity index (χ1) is 37.8. The highest BCUT2D eigenvalue weighted by Gasteiger charge is 2.58. The normalized spacial score (nSPS) is 20.6. The van der Waals surface area contributed by atoms with E-state index in [1.54, 1.807) is 0 Å². The Kier molecular flexibility index (Phi) is 11.7. The van der Waals surface area contributed by atoms with Crippen molar-refractivity contribution in [2.75, 3.05) is 14.7 Å². The van der Waals surface area contributed by atoms with Crippen molar-refractivity contribution in [1.29, 1.82) is 0 Å². The van der Waals surface area contributed by atoms with E-state index in [0.29, 0.717) is 0 Å². The number of hydrogen-bond acceptors (Lipinski definition) is 4. The Morgan fingerprint density at radius 3 is 1.66 bits per heavy atom. The van der Waals surface area contributed by atoms with Crippen molar-refractivity contribution in [3.05, 3.63) is 191 Å². The van der Waals surface area contributed by atoms with Crippen LogP contribution < -0.4 is 31.1 Å². The van der Waals surface area contributed by atoms with Gasteiger partial charge in [0.25, 0.3) is 6.71 Å². The molecule has 0 saturated heterocycles. The van der Waals surface area contributed by atoms with Gasteiger partial charge in [-0.25, -0.2) is 0 Å². The van der Waals surface area contributed by atoms with E-state index in [1.165, 1.54) is 130 Å². The molecule has 2 aliphatic carbocycles. The second kappa shape index (κ2) is 17.8. The minimum absolute atomic E-state index is 0.00675. The Morgan fingerprint density at radius 2 is 1.00 bits per heavy atom. The molecule has 0 amide bonds. The molecule has 5 heteroatoms. The average Bonchev–Trinajstić information content (AvgIpc) is 3.84. The van der Waals surface area contributed by atoms with Gasteiger partial charge in [-0.15, -0.1) is 0 Å². The molecule has 0 spiro atoms. The van der Waals surface area contributed by atoms with Crippen molar-refractivity contribution in [3.8, 4) is 22.3 Å². The van der Waals surface area contributed by atoms with Crippen LogP contribution >= 0.6 is 0 Å². The number of anilines is 8.